The van der Waals surface area contributed by atoms with E-state index in [1.807, 2.05) is 24.3 Å². The van der Waals surface area contributed by atoms with E-state index in [2.05, 4.69) is 10.2 Å². The number of hydrogen-bond donors (Lipinski definition) is 1. The molecule has 2 aromatic carbocycles. The topological polar surface area (TPSA) is 41.6 Å². The molecule has 4 nitrogen and oxygen atoms in total. The summed E-state index contributed by atoms with van der Waals surface area (Å²) in [5.41, 5.74) is 1.74. The number of carbonyl (C=O) groups excluding carboxylic acids is 1. The molecular weight excluding hydrogens is 359 g/mol. The second kappa shape index (κ2) is 8.09. The van der Waals surface area contributed by atoms with Crippen LogP contribution in [0.1, 0.15) is 24.4 Å². The molecule has 2 aromatic rings. The smallest absolute Gasteiger partial charge is 0.238 e. The molecule has 1 amide bonds. The molecule has 1 fully saturated rings. The Morgan fingerprint density at radius 2 is 2.04 bits per heavy atom. The number of benzene rings is 2. The number of rotatable bonds is 5. The lowest BCUT2D eigenvalue weighted by Gasteiger charge is -2.25. The van der Waals surface area contributed by atoms with Gasteiger partial charge in [0.15, 0.2) is 0 Å². The van der Waals surface area contributed by atoms with Crippen LogP contribution in [0.25, 0.3) is 0 Å². The maximum absolute atomic E-state index is 12.4. The van der Waals surface area contributed by atoms with Gasteiger partial charge in [0.1, 0.15) is 5.75 Å². The normalized spacial score (nSPS) is 17.5. The predicted octanol–water partition coefficient (Wildman–Crippen LogP) is 4.78. The van der Waals surface area contributed by atoms with E-state index in [1.165, 1.54) is 0 Å². The summed E-state index contributed by atoms with van der Waals surface area (Å²) in [5.74, 6) is 0.512. The average molecular weight is 379 g/mol. The minimum atomic E-state index is -0.0693. The van der Waals surface area contributed by atoms with Gasteiger partial charge in [0.05, 0.1) is 18.7 Å². The van der Waals surface area contributed by atoms with Crippen molar-refractivity contribution in [1.82, 2.24) is 4.90 Å². The third-order valence-corrected chi connectivity index (χ3v) is 5.05. The van der Waals surface area contributed by atoms with Crippen LogP contribution in [0.15, 0.2) is 42.5 Å². The summed E-state index contributed by atoms with van der Waals surface area (Å²) in [6, 6.07) is 13.2. The average Bonchev–Trinajstić information content (AvgIpc) is 3.03. The van der Waals surface area contributed by atoms with Crippen LogP contribution in [0.5, 0.6) is 5.75 Å². The zero-order valence-electron chi connectivity index (χ0n) is 14.0. The number of nitrogens with zero attached hydrogens (tertiary/aromatic N) is 1. The van der Waals surface area contributed by atoms with Gasteiger partial charge >= 0.3 is 0 Å². The van der Waals surface area contributed by atoms with E-state index in [4.69, 9.17) is 27.9 Å². The standard InChI is InChI=1S/C19H20Cl2N2O2/c1-25-18-9-8-13(11-16(18)21)22-19(24)12-23-10-4-7-17(23)14-5-2-3-6-15(14)20/h2-3,5-6,8-9,11,17H,4,7,10,12H2,1H3,(H,22,24). The lowest BCUT2D eigenvalue weighted by atomic mass is 10.0. The molecule has 25 heavy (non-hydrogen) atoms. The lowest BCUT2D eigenvalue weighted by molar-refractivity contribution is -0.117. The first kappa shape index (κ1) is 18.1. The Morgan fingerprint density at radius 3 is 2.76 bits per heavy atom. The maximum atomic E-state index is 12.4. The molecule has 1 heterocycles. The van der Waals surface area contributed by atoms with Crippen molar-refractivity contribution in [2.24, 2.45) is 0 Å². The second-order valence-corrected chi connectivity index (χ2v) is 6.86. The largest absolute Gasteiger partial charge is 0.495 e. The molecule has 1 aliphatic heterocycles. The van der Waals surface area contributed by atoms with E-state index >= 15 is 0 Å². The third kappa shape index (κ3) is 4.27. The van der Waals surface area contributed by atoms with Crippen LogP contribution in [-0.4, -0.2) is 31.0 Å². The molecule has 0 saturated carbocycles. The van der Waals surface area contributed by atoms with Gasteiger partial charge in [-0.25, -0.2) is 0 Å². The van der Waals surface area contributed by atoms with Crippen LogP contribution < -0.4 is 10.1 Å². The quantitative estimate of drug-likeness (QED) is 0.813. The third-order valence-electron chi connectivity index (χ3n) is 4.41. The van der Waals surface area contributed by atoms with Gasteiger partial charge in [0, 0.05) is 16.8 Å². The zero-order valence-corrected chi connectivity index (χ0v) is 15.5. The first-order valence-electron chi connectivity index (χ1n) is 8.20. The van der Waals surface area contributed by atoms with E-state index < -0.39 is 0 Å². The van der Waals surface area contributed by atoms with Crippen molar-refractivity contribution >= 4 is 34.8 Å². The summed E-state index contributed by atoms with van der Waals surface area (Å²) < 4.78 is 5.12. The highest BCUT2D eigenvalue weighted by Crippen LogP contribution is 2.35. The fraction of sp³-hybridized carbons (Fsp3) is 0.316. The highest BCUT2D eigenvalue weighted by Gasteiger charge is 2.28. The molecule has 1 saturated heterocycles. The number of likely N-dealkylation sites (tertiary alicyclic amines) is 1. The Morgan fingerprint density at radius 1 is 1.24 bits per heavy atom. The second-order valence-electron chi connectivity index (χ2n) is 6.05. The van der Waals surface area contributed by atoms with Crippen molar-refractivity contribution in [1.29, 1.82) is 0 Å². The van der Waals surface area contributed by atoms with Gasteiger partial charge in [0.2, 0.25) is 5.91 Å². The summed E-state index contributed by atoms with van der Waals surface area (Å²) in [7, 11) is 1.56. The van der Waals surface area contributed by atoms with Crippen LogP contribution in [0.2, 0.25) is 10.0 Å². The highest BCUT2D eigenvalue weighted by atomic mass is 35.5. The minimum Gasteiger partial charge on any atom is -0.495 e. The number of hydrogen-bond acceptors (Lipinski definition) is 3. The molecule has 3 rings (SSSR count). The number of anilines is 1. The zero-order chi connectivity index (χ0) is 17.8. The van der Waals surface area contributed by atoms with Gasteiger partial charge < -0.3 is 10.1 Å². The van der Waals surface area contributed by atoms with Crippen LogP contribution in [0, 0.1) is 0 Å². The van der Waals surface area contributed by atoms with Crippen LogP contribution in [0.3, 0.4) is 0 Å². The van der Waals surface area contributed by atoms with Crippen molar-refractivity contribution in [3.63, 3.8) is 0 Å². The summed E-state index contributed by atoms with van der Waals surface area (Å²) in [5, 5.41) is 4.11. The lowest BCUT2D eigenvalue weighted by Crippen LogP contribution is -2.33. The molecule has 1 atom stereocenters. The molecule has 0 aliphatic carbocycles. The Balaban J connectivity index is 1.66. The number of amides is 1. The Kier molecular flexibility index (Phi) is 5.84. The molecule has 1 N–H and O–H groups in total. The van der Waals surface area contributed by atoms with E-state index in [9.17, 15) is 4.79 Å². The van der Waals surface area contributed by atoms with Crippen molar-refractivity contribution in [3.05, 3.63) is 58.1 Å². The fourth-order valence-corrected chi connectivity index (χ4v) is 3.76. The monoisotopic (exact) mass is 378 g/mol. The Labute approximate surface area is 157 Å². The van der Waals surface area contributed by atoms with Gasteiger partial charge in [0.25, 0.3) is 0 Å². The number of methoxy groups -OCH3 is 1. The molecule has 0 bridgehead atoms. The first-order valence-corrected chi connectivity index (χ1v) is 8.96. The Hall–Kier alpha value is -1.75. The molecule has 0 spiro atoms. The Bertz CT molecular complexity index is 767. The molecule has 132 valence electrons. The van der Waals surface area contributed by atoms with E-state index in [1.54, 1.807) is 25.3 Å². The minimum absolute atomic E-state index is 0.0693. The molecule has 1 aliphatic rings. The fourth-order valence-electron chi connectivity index (χ4n) is 3.24. The van der Waals surface area contributed by atoms with E-state index in [0.29, 0.717) is 23.0 Å². The highest BCUT2D eigenvalue weighted by molar-refractivity contribution is 6.32. The van der Waals surface area contributed by atoms with Crippen molar-refractivity contribution in [3.8, 4) is 5.75 Å². The summed E-state index contributed by atoms with van der Waals surface area (Å²) in [6.45, 7) is 1.20. The number of carbonyl (C=O) groups is 1. The number of ether oxygens (including phenoxy) is 1. The van der Waals surface area contributed by atoms with Crippen LogP contribution in [-0.2, 0) is 4.79 Å². The van der Waals surface area contributed by atoms with Gasteiger partial charge in [-0.3, -0.25) is 9.69 Å². The van der Waals surface area contributed by atoms with Gasteiger partial charge in [-0.15, -0.1) is 0 Å². The number of halogens is 2. The molecule has 1 unspecified atom stereocenters. The van der Waals surface area contributed by atoms with Gasteiger partial charge in [-0.1, -0.05) is 41.4 Å². The van der Waals surface area contributed by atoms with Gasteiger partial charge in [-0.2, -0.15) is 0 Å². The van der Waals surface area contributed by atoms with E-state index in [-0.39, 0.29) is 11.9 Å². The number of nitrogens with one attached hydrogen (secondary N) is 1. The molecule has 0 radical (unpaired) electrons. The van der Waals surface area contributed by atoms with Gasteiger partial charge in [-0.05, 0) is 49.2 Å². The maximum Gasteiger partial charge on any atom is 0.238 e. The summed E-state index contributed by atoms with van der Waals surface area (Å²) in [4.78, 5) is 14.6. The SMILES string of the molecule is COc1ccc(NC(=O)CN2CCCC2c2ccccc2Cl)cc1Cl. The summed E-state index contributed by atoms with van der Waals surface area (Å²) >= 11 is 12.4. The van der Waals surface area contributed by atoms with E-state index in [0.717, 1.165) is 30.0 Å². The molecule has 0 aromatic heterocycles. The molecular formula is C19H20Cl2N2O2. The first-order chi connectivity index (χ1) is 12.1. The van der Waals surface area contributed by atoms with Crippen molar-refractivity contribution in [2.45, 2.75) is 18.9 Å². The summed E-state index contributed by atoms with van der Waals surface area (Å²) in [6.07, 6.45) is 2.06. The van der Waals surface area contributed by atoms with Crippen LogP contribution in [0.4, 0.5) is 5.69 Å². The van der Waals surface area contributed by atoms with Crippen molar-refractivity contribution in [2.75, 3.05) is 25.5 Å². The van der Waals surface area contributed by atoms with Crippen LogP contribution >= 0.6 is 23.2 Å². The molecule has 6 heteroatoms. The van der Waals surface area contributed by atoms with Crippen molar-refractivity contribution < 1.29 is 9.53 Å². The predicted molar refractivity (Wildman–Crippen MR) is 102 cm³/mol.